The summed E-state index contributed by atoms with van der Waals surface area (Å²) < 4.78 is 0. The van der Waals surface area contributed by atoms with E-state index in [0.717, 1.165) is 6.42 Å². The summed E-state index contributed by atoms with van der Waals surface area (Å²) in [6.07, 6.45) is 23.7. The fourth-order valence-corrected chi connectivity index (χ4v) is 4.01. The Labute approximate surface area is 151 Å². The van der Waals surface area contributed by atoms with Crippen LogP contribution in [0.1, 0.15) is 116 Å². The molecule has 0 aromatic carbocycles. The maximum Gasteiger partial charge on any atom is 0.0431 e. The zero-order valence-electron chi connectivity index (χ0n) is 16.0. The average molecular weight is 345 g/mol. The van der Waals surface area contributed by atoms with Crippen LogP contribution in [0.3, 0.4) is 0 Å². The molecule has 0 unspecified atom stereocenters. The van der Waals surface area contributed by atoms with Crippen LogP contribution in [0.5, 0.6) is 0 Å². The first-order valence-corrected chi connectivity index (χ1v) is 11.8. The van der Waals surface area contributed by atoms with Crippen LogP contribution in [0.2, 0.25) is 0 Å². The van der Waals surface area contributed by atoms with E-state index in [1.165, 1.54) is 114 Å². The summed E-state index contributed by atoms with van der Waals surface area (Å²) in [5.74, 6) is 2.63. The van der Waals surface area contributed by atoms with Gasteiger partial charge in [-0.15, -0.1) is 0 Å². The van der Waals surface area contributed by atoms with Crippen molar-refractivity contribution in [2.24, 2.45) is 0 Å². The van der Waals surface area contributed by atoms with E-state index >= 15 is 0 Å². The zero-order valence-corrected chi connectivity index (χ0v) is 16.8. The monoisotopic (exact) mass is 344 g/mol. The number of aliphatic hydroxyl groups excluding tert-OH is 1. The summed E-state index contributed by atoms with van der Waals surface area (Å²) in [5, 5.41) is 8.70. The maximum absolute atomic E-state index is 8.70. The van der Waals surface area contributed by atoms with Gasteiger partial charge in [0.05, 0.1) is 0 Å². The maximum atomic E-state index is 8.70. The van der Waals surface area contributed by atoms with Crippen molar-refractivity contribution in [3.8, 4) is 0 Å². The van der Waals surface area contributed by atoms with Gasteiger partial charge in [0, 0.05) is 6.61 Å². The molecule has 0 atom stereocenters. The van der Waals surface area contributed by atoms with E-state index in [1.54, 1.807) is 0 Å². The molecule has 0 aromatic heterocycles. The first kappa shape index (κ1) is 23.3. The molecule has 1 N–H and O–H groups in total. The molecule has 0 fully saturated rings. The molecule has 0 aliphatic carbocycles. The standard InChI is InChI=1S/C21H44OS/c1-2-3-4-5-6-7-8-9-10-11-12-13-14-17-20-23-21-18-15-16-19-22/h22H,2-21H2,1H3. The Bertz CT molecular complexity index is 176. The lowest BCUT2D eigenvalue weighted by Gasteiger charge is -2.04. The van der Waals surface area contributed by atoms with Crippen molar-refractivity contribution in [1.29, 1.82) is 0 Å². The molecule has 2 heteroatoms. The Morgan fingerprint density at radius 1 is 0.478 bits per heavy atom. The van der Waals surface area contributed by atoms with Gasteiger partial charge >= 0.3 is 0 Å². The van der Waals surface area contributed by atoms with Crippen molar-refractivity contribution in [3.63, 3.8) is 0 Å². The highest BCUT2D eigenvalue weighted by Crippen LogP contribution is 2.14. The normalized spacial score (nSPS) is 11.2. The Hall–Kier alpha value is 0.310. The fourth-order valence-electron chi connectivity index (χ4n) is 2.99. The topological polar surface area (TPSA) is 20.2 Å². The molecule has 140 valence electrons. The van der Waals surface area contributed by atoms with Crippen molar-refractivity contribution in [2.45, 2.75) is 116 Å². The van der Waals surface area contributed by atoms with Crippen LogP contribution in [-0.2, 0) is 0 Å². The molecule has 0 rings (SSSR count). The van der Waals surface area contributed by atoms with E-state index in [2.05, 4.69) is 18.7 Å². The van der Waals surface area contributed by atoms with E-state index in [-0.39, 0.29) is 0 Å². The number of hydrogen-bond acceptors (Lipinski definition) is 2. The van der Waals surface area contributed by atoms with Crippen LogP contribution in [0.4, 0.5) is 0 Å². The number of unbranched alkanes of at least 4 members (excludes halogenated alkanes) is 15. The van der Waals surface area contributed by atoms with Crippen LogP contribution < -0.4 is 0 Å². The van der Waals surface area contributed by atoms with Gasteiger partial charge in [-0.25, -0.2) is 0 Å². The van der Waals surface area contributed by atoms with E-state index in [1.807, 2.05) is 0 Å². The lowest BCUT2D eigenvalue weighted by atomic mass is 10.0. The summed E-state index contributed by atoms with van der Waals surface area (Å²) in [6.45, 7) is 2.66. The van der Waals surface area contributed by atoms with Crippen molar-refractivity contribution >= 4 is 11.8 Å². The molecule has 0 radical (unpaired) electrons. The quantitative estimate of drug-likeness (QED) is 0.233. The van der Waals surface area contributed by atoms with Crippen molar-refractivity contribution in [3.05, 3.63) is 0 Å². The second-order valence-electron chi connectivity index (χ2n) is 6.99. The first-order valence-electron chi connectivity index (χ1n) is 10.6. The summed E-state index contributed by atoms with van der Waals surface area (Å²) >= 11 is 2.11. The van der Waals surface area contributed by atoms with Crippen molar-refractivity contribution in [2.75, 3.05) is 18.1 Å². The molecule has 0 bridgehead atoms. The Balaban J connectivity index is 2.92. The Morgan fingerprint density at radius 3 is 1.22 bits per heavy atom. The van der Waals surface area contributed by atoms with Gasteiger partial charge in [-0.1, -0.05) is 96.8 Å². The smallest absolute Gasteiger partial charge is 0.0431 e. The zero-order chi connectivity index (χ0) is 16.8. The number of rotatable bonds is 20. The Morgan fingerprint density at radius 2 is 0.826 bits per heavy atom. The minimum absolute atomic E-state index is 0.365. The van der Waals surface area contributed by atoms with Gasteiger partial charge in [-0.2, -0.15) is 11.8 Å². The van der Waals surface area contributed by atoms with Gasteiger partial charge in [0.2, 0.25) is 0 Å². The second-order valence-corrected chi connectivity index (χ2v) is 8.22. The molecule has 0 saturated heterocycles. The van der Waals surface area contributed by atoms with Gasteiger partial charge in [-0.3, -0.25) is 0 Å². The van der Waals surface area contributed by atoms with Crippen LogP contribution >= 0.6 is 11.8 Å². The third kappa shape index (κ3) is 22.3. The van der Waals surface area contributed by atoms with Crippen LogP contribution in [0.15, 0.2) is 0 Å². The second kappa shape index (κ2) is 22.3. The molecule has 0 aromatic rings. The minimum Gasteiger partial charge on any atom is -0.396 e. The van der Waals surface area contributed by atoms with E-state index in [0.29, 0.717) is 6.61 Å². The molecule has 1 nitrogen and oxygen atoms in total. The predicted octanol–water partition coefficient (Wildman–Crippen LogP) is 7.36. The highest BCUT2D eigenvalue weighted by Gasteiger charge is 1.95. The highest BCUT2D eigenvalue weighted by molar-refractivity contribution is 7.99. The number of hydrogen-bond donors (Lipinski definition) is 1. The van der Waals surface area contributed by atoms with Crippen molar-refractivity contribution < 1.29 is 5.11 Å². The molecule has 0 aliphatic heterocycles. The molecule has 0 amide bonds. The fraction of sp³-hybridized carbons (Fsp3) is 1.00. The van der Waals surface area contributed by atoms with Crippen molar-refractivity contribution in [1.82, 2.24) is 0 Å². The van der Waals surface area contributed by atoms with Gasteiger partial charge in [0.15, 0.2) is 0 Å². The third-order valence-corrected chi connectivity index (χ3v) is 5.74. The summed E-state index contributed by atoms with van der Waals surface area (Å²) in [7, 11) is 0. The first-order chi connectivity index (χ1) is 11.4. The summed E-state index contributed by atoms with van der Waals surface area (Å²) in [4.78, 5) is 0. The Kier molecular flexibility index (Phi) is 22.6. The molecule has 0 spiro atoms. The van der Waals surface area contributed by atoms with Crippen LogP contribution in [-0.4, -0.2) is 23.2 Å². The molecule has 23 heavy (non-hydrogen) atoms. The number of aliphatic hydroxyl groups is 1. The lowest BCUT2D eigenvalue weighted by Crippen LogP contribution is -1.88. The predicted molar refractivity (Wildman–Crippen MR) is 109 cm³/mol. The largest absolute Gasteiger partial charge is 0.396 e. The third-order valence-electron chi connectivity index (χ3n) is 4.59. The van der Waals surface area contributed by atoms with Gasteiger partial charge in [-0.05, 0) is 30.8 Å². The number of thioether (sulfide) groups is 1. The van der Waals surface area contributed by atoms with Gasteiger partial charge in [0.1, 0.15) is 0 Å². The summed E-state index contributed by atoms with van der Waals surface area (Å²) in [5.41, 5.74) is 0. The minimum atomic E-state index is 0.365. The highest BCUT2D eigenvalue weighted by atomic mass is 32.2. The van der Waals surface area contributed by atoms with E-state index < -0.39 is 0 Å². The molecular weight excluding hydrogens is 300 g/mol. The lowest BCUT2D eigenvalue weighted by molar-refractivity contribution is 0.284. The molecule has 0 aliphatic rings. The van der Waals surface area contributed by atoms with Crippen LogP contribution in [0.25, 0.3) is 0 Å². The van der Waals surface area contributed by atoms with E-state index in [9.17, 15) is 0 Å². The van der Waals surface area contributed by atoms with Gasteiger partial charge < -0.3 is 5.11 Å². The SMILES string of the molecule is CCCCCCCCCCCCCCCCSCCCCCO. The van der Waals surface area contributed by atoms with Gasteiger partial charge in [0.25, 0.3) is 0 Å². The molecule has 0 saturated carbocycles. The average Bonchev–Trinajstić information content (AvgIpc) is 2.57. The van der Waals surface area contributed by atoms with Crippen LogP contribution in [0, 0.1) is 0 Å². The molecular formula is C21H44OS. The van der Waals surface area contributed by atoms with E-state index in [4.69, 9.17) is 5.11 Å². The summed E-state index contributed by atoms with van der Waals surface area (Å²) in [6, 6.07) is 0. The molecule has 0 heterocycles.